The molecular weight excluding hydrogens is 330 g/mol. The molecule has 0 radical (unpaired) electrons. The molecule has 0 amide bonds. The Labute approximate surface area is 150 Å². The fourth-order valence-electron chi connectivity index (χ4n) is 3.29. The number of pyridine rings is 1. The van der Waals surface area contributed by atoms with Crippen molar-refractivity contribution in [2.75, 3.05) is 0 Å². The number of nitrogens with zero attached hydrogens (tertiary/aromatic N) is 1. The second-order valence-electron chi connectivity index (χ2n) is 6.00. The third-order valence-electron chi connectivity index (χ3n) is 4.50. The Hall–Kier alpha value is -2.84. The highest BCUT2D eigenvalue weighted by molar-refractivity contribution is 6.30. The fourth-order valence-corrected chi connectivity index (χ4v) is 3.41. The van der Waals surface area contributed by atoms with Gasteiger partial charge in [-0.05, 0) is 29.3 Å². The number of rotatable bonds is 2. The van der Waals surface area contributed by atoms with Crippen LogP contribution in [-0.2, 0) is 7.05 Å². The number of aromatic nitrogens is 1. The number of fused-ring (bicyclic) bond motifs is 1. The average molecular weight is 346 g/mol. The molecule has 0 aliphatic rings. The molecule has 25 heavy (non-hydrogen) atoms. The van der Waals surface area contributed by atoms with Gasteiger partial charge in [-0.3, -0.25) is 4.79 Å². The molecule has 0 aliphatic carbocycles. The van der Waals surface area contributed by atoms with Crippen LogP contribution in [0.1, 0.15) is 0 Å². The molecule has 0 N–H and O–H groups in total. The Kier molecular flexibility index (Phi) is 3.90. The summed E-state index contributed by atoms with van der Waals surface area (Å²) in [5.74, 6) is 0. The first-order chi connectivity index (χ1) is 12.2. The van der Waals surface area contributed by atoms with E-state index in [0.29, 0.717) is 10.6 Å². The van der Waals surface area contributed by atoms with E-state index in [1.54, 1.807) is 4.57 Å². The zero-order chi connectivity index (χ0) is 17.4. The molecule has 0 bridgehead atoms. The lowest BCUT2D eigenvalue weighted by Gasteiger charge is -2.16. The highest BCUT2D eigenvalue weighted by Crippen LogP contribution is 2.35. The largest absolute Gasteiger partial charge is 0.311 e. The molecule has 3 heteroatoms. The Morgan fingerprint density at radius 1 is 0.720 bits per heavy atom. The maximum atomic E-state index is 13.2. The molecule has 0 fully saturated rings. The zero-order valence-corrected chi connectivity index (χ0v) is 14.5. The lowest BCUT2D eigenvalue weighted by molar-refractivity contribution is 0.909. The van der Waals surface area contributed by atoms with Crippen molar-refractivity contribution >= 4 is 22.5 Å². The van der Waals surface area contributed by atoms with Crippen molar-refractivity contribution in [3.05, 3.63) is 94.2 Å². The second-order valence-corrected chi connectivity index (χ2v) is 6.44. The van der Waals surface area contributed by atoms with E-state index in [0.717, 1.165) is 27.6 Å². The van der Waals surface area contributed by atoms with E-state index >= 15 is 0 Å². The summed E-state index contributed by atoms with van der Waals surface area (Å²) in [7, 11) is 1.82. The van der Waals surface area contributed by atoms with E-state index in [2.05, 4.69) is 6.07 Å². The van der Waals surface area contributed by atoms with Gasteiger partial charge in [0.25, 0.3) is 5.56 Å². The summed E-state index contributed by atoms with van der Waals surface area (Å²) in [6.07, 6.45) is 0. The summed E-state index contributed by atoms with van der Waals surface area (Å²) in [6, 6.07) is 25.5. The number of hydrogen-bond acceptors (Lipinski definition) is 1. The van der Waals surface area contributed by atoms with Gasteiger partial charge >= 0.3 is 0 Å². The molecule has 0 saturated carbocycles. The van der Waals surface area contributed by atoms with Crippen LogP contribution in [0.5, 0.6) is 0 Å². The van der Waals surface area contributed by atoms with E-state index < -0.39 is 0 Å². The van der Waals surface area contributed by atoms with Crippen molar-refractivity contribution in [2.24, 2.45) is 7.05 Å². The topological polar surface area (TPSA) is 22.0 Å². The first kappa shape index (κ1) is 15.7. The van der Waals surface area contributed by atoms with Gasteiger partial charge in [-0.2, -0.15) is 0 Å². The van der Waals surface area contributed by atoms with Crippen LogP contribution in [0.15, 0.2) is 83.7 Å². The summed E-state index contributed by atoms with van der Waals surface area (Å²) in [5.41, 5.74) is 4.46. The van der Waals surface area contributed by atoms with Crippen LogP contribution in [0.3, 0.4) is 0 Å². The van der Waals surface area contributed by atoms with Crippen molar-refractivity contribution in [3.8, 4) is 22.3 Å². The minimum absolute atomic E-state index is 0.0140. The number of benzene rings is 3. The van der Waals surface area contributed by atoms with Gasteiger partial charge < -0.3 is 4.57 Å². The number of aryl methyl sites for hydroxylation is 1. The van der Waals surface area contributed by atoms with E-state index in [-0.39, 0.29) is 5.56 Å². The normalized spacial score (nSPS) is 11.0. The minimum atomic E-state index is -0.0140. The van der Waals surface area contributed by atoms with E-state index in [4.69, 9.17) is 11.6 Å². The number of halogens is 1. The van der Waals surface area contributed by atoms with Crippen LogP contribution in [-0.4, -0.2) is 4.57 Å². The smallest absolute Gasteiger partial charge is 0.259 e. The summed E-state index contributed by atoms with van der Waals surface area (Å²) < 4.78 is 1.71. The molecule has 0 aliphatic heterocycles. The molecule has 0 atom stereocenters. The first-order valence-electron chi connectivity index (χ1n) is 8.10. The Morgan fingerprint density at radius 2 is 1.32 bits per heavy atom. The SMILES string of the molecule is Cn1c(=O)c(-c2ccc(Cl)cc2)c(-c2ccccc2)c2ccccc21. The molecule has 1 aromatic heterocycles. The van der Waals surface area contributed by atoms with Gasteiger partial charge in [0, 0.05) is 23.0 Å². The van der Waals surface area contributed by atoms with Gasteiger partial charge in [0.1, 0.15) is 0 Å². The summed E-state index contributed by atoms with van der Waals surface area (Å²) >= 11 is 6.04. The molecular formula is C22H16ClNO. The summed E-state index contributed by atoms with van der Waals surface area (Å²) in [4.78, 5) is 13.2. The van der Waals surface area contributed by atoms with Crippen molar-refractivity contribution < 1.29 is 0 Å². The molecule has 1 heterocycles. The molecule has 3 aromatic carbocycles. The second kappa shape index (κ2) is 6.23. The van der Waals surface area contributed by atoms with Crippen molar-refractivity contribution in [3.63, 3.8) is 0 Å². The zero-order valence-electron chi connectivity index (χ0n) is 13.7. The van der Waals surface area contributed by atoms with Crippen LogP contribution in [0.2, 0.25) is 5.02 Å². The predicted octanol–water partition coefficient (Wildman–Crippen LogP) is 5.53. The van der Waals surface area contributed by atoms with Gasteiger partial charge in [0.15, 0.2) is 0 Å². The van der Waals surface area contributed by atoms with Gasteiger partial charge in [-0.25, -0.2) is 0 Å². The Bertz CT molecular complexity index is 1110. The maximum Gasteiger partial charge on any atom is 0.259 e. The van der Waals surface area contributed by atoms with Gasteiger partial charge in [0.05, 0.1) is 11.1 Å². The van der Waals surface area contributed by atoms with E-state index in [1.807, 2.05) is 79.8 Å². The molecule has 4 aromatic rings. The van der Waals surface area contributed by atoms with Gasteiger partial charge in [0.2, 0.25) is 0 Å². The minimum Gasteiger partial charge on any atom is -0.311 e. The lowest BCUT2D eigenvalue weighted by atomic mass is 9.92. The van der Waals surface area contributed by atoms with Crippen LogP contribution >= 0.6 is 11.6 Å². The highest BCUT2D eigenvalue weighted by atomic mass is 35.5. The third-order valence-corrected chi connectivity index (χ3v) is 4.75. The van der Waals surface area contributed by atoms with E-state index in [9.17, 15) is 4.79 Å². The van der Waals surface area contributed by atoms with E-state index in [1.165, 1.54) is 0 Å². The van der Waals surface area contributed by atoms with Crippen LogP contribution < -0.4 is 5.56 Å². The quantitative estimate of drug-likeness (QED) is 0.468. The van der Waals surface area contributed by atoms with Crippen LogP contribution in [0.4, 0.5) is 0 Å². The average Bonchev–Trinajstić information content (AvgIpc) is 2.66. The molecule has 2 nitrogen and oxygen atoms in total. The summed E-state index contributed by atoms with van der Waals surface area (Å²) in [6.45, 7) is 0. The van der Waals surface area contributed by atoms with Gasteiger partial charge in [-0.1, -0.05) is 72.3 Å². The van der Waals surface area contributed by atoms with Crippen LogP contribution in [0.25, 0.3) is 33.2 Å². The van der Waals surface area contributed by atoms with Gasteiger partial charge in [-0.15, -0.1) is 0 Å². The Morgan fingerprint density at radius 3 is 2.04 bits per heavy atom. The molecule has 0 saturated heterocycles. The molecule has 4 rings (SSSR count). The van der Waals surface area contributed by atoms with Crippen molar-refractivity contribution in [1.82, 2.24) is 4.57 Å². The fraction of sp³-hybridized carbons (Fsp3) is 0.0455. The lowest BCUT2D eigenvalue weighted by Crippen LogP contribution is -2.20. The standard InChI is InChI=1S/C22H16ClNO/c1-24-19-10-6-5-9-18(19)20(15-7-3-2-4-8-15)21(22(24)25)16-11-13-17(23)14-12-16/h2-14H,1H3. The molecule has 122 valence electrons. The van der Waals surface area contributed by atoms with Crippen LogP contribution in [0, 0.1) is 0 Å². The van der Waals surface area contributed by atoms with Crippen molar-refractivity contribution in [1.29, 1.82) is 0 Å². The first-order valence-corrected chi connectivity index (χ1v) is 8.47. The monoisotopic (exact) mass is 345 g/mol. The third kappa shape index (κ3) is 2.65. The predicted molar refractivity (Wildman–Crippen MR) is 105 cm³/mol. The summed E-state index contributed by atoms with van der Waals surface area (Å²) in [5, 5.41) is 1.71. The number of hydrogen-bond donors (Lipinski definition) is 0. The maximum absolute atomic E-state index is 13.2. The molecule has 0 spiro atoms. The highest BCUT2D eigenvalue weighted by Gasteiger charge is 2.17. The number of para-hydroxylation sites is 1. The molecule has 0 unspecified atom stereocenters. The van der Waals surface area contributed by atoms with Crippen molar-refractivity contribution in [2.45, 2.75) is 0 Å². The Balaban J connectivity index is 2.19.